The third-order valence-electron chi connectivity index (χ3n) is 8.71. The molecule has 0 spiro atoms. The molecule has 0 amide bonds. The van der Waals surface area contributed by atoms with E-state index in [1.165, 1.54) is 89.9 Å². The number of unbranched alkanes of at least 4 members (excludes halogenated alkanes) is 18. The van der Waals surface area contributed by atoms with E-state index in [9.17, 15) is 19.0 Å². The molecule has 0 saturated heterocycles. The minimum absolute atomic E-state index is 0.0878. The normalized spacial score (nSPS) is 13.1. The van der Waals surface area contributed by atoms with Crippen molar-refractivity contribution >= 4 is 19.8 Å². The molecule has 0 saturated carbocycles. The minimum atomic E-state index is -4.24. The molecule has 10 heteroatoms. The molecule has 0 aromatic carbocycles. The Kier molecular flexibility index (Phi) is 36.1. The first-order valence-corrected chi connectivity index (χ1v) is 21.8. The second-order valence-electron chi connectivity index (χ2n) is 13.5. The third-order valence-corrected chi connectivity index (χ3v) is 9.69. The molecule has 1 atom stereocenters. The summed E-state index contributed by atoms with van der Waals surface area (Å²) >= 11 is 0. The highest BCUT2D eigenvalue weighted by molar-refractivity contribution is 7.47. The Balaban J connectivity index is 4.18. The van der Waals surface area contributed by atoms with E-state index < -0.39 is 7.82 Å². The maximum atomic E-state index is 12.3. The molecule has 3 N–H and O–H groups in total. The molecule has 294 valence electrons. The average molecular weight is 730 g/mol. The van der Waals surface area contributed by atoms with Crippen molar-refractivity contribution in [1.29, 1.82) is 0 Å². The Morgan fingerprint density at radius 1 is 0.580 bits per heavy atom. The van der Waals surface area contributed by atoms with Crippen LogP contribution in [0.2, 0.25) is 0 Å². The minimum Gasteiger partial charge on any atom is -0.466 e. The highest BCUT2D eigenvalue weighted by atomic mass is 31.2. The predicted octanol–water partition coefficient (Wildman–Crippen LogP) is 11.1. The number of hydrogen-bond donors (Lipinski definition) is 2. The van der Waals surface area contributed by atoms with Crippen LogP contribution in [0.15, 0.2) is 24.3 Å². The van der Waals surface area contributed by atoms with Crippen molar-refractivity contribution in [3.05, 3.63) is 24.3 Å². The first-order valence-electron chi connectivity index (χ1n) is 20.3. The Labute approximate surface area is 306 Å². The van der Waals surface area contributed by atoms with E-state index in [1.807, 2.05) is 0 Å². The molecule has 0 fully saturated rings. The van der Waals surface area contributed by atoms with E-state index in [2.05, 4.69) is 38.2 Å². The second-order valence-corrected chi connectivity index (χ2v) is 15.0. The standard InChI is InChI=1S/C40H76NO8P/c1-3-5-7-9-11-13-15-17-19-21-23-25-27-29-39(42)46-34-31-38(37-49-50(44,45)48-36-33-41)32-35-47-40(43)30-28-26-24-22-20-18-16-14-12-10-8-6-4-2/h13-16,38H,3-12,17-37,41H2,1-2H3,(H,44,45)/b15-13-,16-14-. The number of allylic oxidation sites excluding steroid dienone is 4. The summed E-state index contributed by atoms with van der Waals surface area (Å²) in [5, 5.41) is 0. The zero-order valence-electron chi connectivity index (χ0n) is 32.1. The van der Waals surface area contributed by atoms with Gasteiger partial charge in [-0.3, -0.25) is 18.6 Å². The van der Waals surface area contributed by atoms with Gasteiger partial charge in [-0.1, -0.05) is 115 Å². The fourth-order valence-electron chi connectivity index (χ4n) is 5.51. The summed E-state index contributed by atoms with van der Waals surface area (Å²) in [6, 6.07) is 0. The summed E-state index contributed by atoms with van der Waals surface area (Å²) in [5.41, 5.74) is 5.36. The quantitative estimate of drug-likeness (QED) is 0.0275. The molecule has 0 aliphatic rings. The molecular formula is C40H76NO8P. The topological polar surface area (TPSA) is 134 Å². The van der Waals surface area contributed by atoms with E-state index in [1.54, 1.807) is 0 Å². The van der Waals surface area contributed by atoms with Crippen LogP contribution in [0.25, 0.3) is 0 Å². The van der Waals surface area contributed by atoms with Crippen molar-refractivity contribution in [2.24, 2.45) is 11.7 Å². The summed E-state index contributed by atoms with van der Waals surface area (Å²) in [7, 11) is -4.24. The van der Waals surface area contributed by atoms with Crippen molar-refractivity contribution in [2.75, 3.05) is 33.0 Å². The number of phosphoric acid groups is 1. The van der Waals surface area contributed by atoms with Gasteiger partial charge in [0, 0.05) is 19.4 Å². The van der Waals surface area contributed by atoms with Crippen LogP contribution in [0.3, 0.4) is 0 Å². The van der Waals surface area contributed by atoms with E-state index in [-0.39, 0.29) is 50.8 Å². The van der Waals surface area contributed by atoms with Gasteiger partial charge in [0.25, 0.3) is 0 Å². The van der Waals surface area contributed by atoms with E-state index in [0.717, 1.165) is 51.4 Å². The summed E-state index contributed by atoms with van der Waals surface area (Å²) in [4.78, 5) is 34.5. The number of rotatable bonds is 38. The van der Waals surface area contributed by atoms with Gasteiger partial charge in [0.05, 0.1) is 26.4 Å². The van der Waals surface area contributed by atoms with Crippen molar-refractivity contribution < 1.29 is 37.6 Å². The molecule has 0 rings (SSSR count). The predicted molar refractivity (Wildman–Crippen MR) is 206 cm³/mol. The van der Waals surface area contributed by atoms with Crippen LogP contribution in [-0.2, 0) is 32.7 Å². The van der Waals surface area contributed by atoms with Crippen LogP contribution in [0.1, 0.15) is 181 Å². The molecule has 0 aromatic rings. The Bertz CT molecular complexity index is 827. The fraction of sp³-hybridized carbons (Fsp3) is 0.850. The largest absolute Gasteiger partial charge is 0.472 e. The van der Waals surface area contributed by atoms with E-state index in [4.69, 9.17) is 24.3 Å². The first kappa shape index (κ1) is 48.5. The van der Waals surface area contributed by atoms with Gasteiger partial charge in [-0.25, -0.2) is 4.57 Å². The lowest BCUT2D eigenvalue weighted by atomic mass is 10.0. The van der Waals surface area contributed by atoms with Gasteiger partial charge >= 0.3 is 19.8 Å². The summed E-state index contributed by atoms with van der Waals surface area (Å²) < 4.78 is 33.0. The van der Waals surface area contributed by atoms with Crippen LogP contribution >= 0.6 is 7.82 Å². The molecule has 0 aromatic heterocycles. The Hall–Kier alpha value is -1.51. The van der Waals surface area contributed by atoms with Crippen molar-refractivity contribution in [1.82, 2.24) is 0 Å². The van der Waals surface area contributed by atoms with Crippen LogP contribution in [0.4, 0.5) is 0 Å². The molecule has 0 aliphatic heterocycles. The van der Waals surface area contributed by atoms with Crippen molar-refractivity contribution in [3.8, 4) is 0 Å². The second kappa shape index (κ2) is 37.3. The van der Waals surface area contributed by atoms with Gasteiger partial charge in [0.15, 0.2) is 0 Å². The van der Waals surface area contributed by atoms with Crippen LogP contribution in [0, 0.1) is 5.92 Å². The summed E-state index contributed by atoms with van der Waals surface area (Å²) in [5.74, 6) is -0.737. The number of esters is 2. The maximum absolute atomic E-state index is 12.3. The summed E-state index contributed by atoms with van der Waals surface area (Å²) in [6.07, 6.45) is 36.4. The van der Waals surface area contributed by atoms with Gasteiger partial charge < -0.3 is 20.1 Å². The summed E-state index contributed by atoms with van der Waals surface area (Å²) in [6.45, 7) is 4.71. The monoisotopic (exact) mass is 730 g/mol. The number of carbonyl (C=O) groups excluding carboxylic acids is 2. The fourth-order valence-corrected chi connectivity index (χ4v) is 6.32. The number of carbonyl (C=O) groups is 2. The number of ether oxygens (including phenoxy) is 2. The Morgan fingerprint density at radius 3 is 1.36 bits per heavy atom. The molecule has 9 nitrogen and oxygen atoms in total. The van der Waals surface area contributed by atoms with Crippen LogP contribution < -0.4 is 5.73 Å². The Morgan fingerprint density at radius 2 is 0.960 bits per heavy atom. The average Bonchev–Trinajstić information content (AvgIpc) is 3.10. The van der Waals surface area contributed by atoms with Gasteiger partial charge in [0.1, 0.15) is 0 Å². The lowest BCUT2D eigenvalue weighted by Gasteiger charge is -2.19. The number of nitrogens with two attached hydrogens (primary N) is 1. The van der Waals surface area contributed by atoms with Gasteiger partial charge in [-0.2, -0.15) is 0 Å². The van der Waals surface area contributed by atoms with Crippen molar-refractivity contribution in [2.45, 2.75) is 181 Å². The molecule has 0 radical (unpaired) electrons. The number of phosphoric ester groups is 1. The molecule has 0 bridgehead atoms. The zero-order chi connectivity index (χ0) is 36.8. The van der Waals surface area contributed by atoms with Crippen LogP contribution in [-0.4, -0.2) is 49.8 Å². The molecule has 0 aliphatic carbocycles. The highest BCUT2D eigenvalue weighted by Crippen LogP contribution is 2.43. The van der Waals surface area contributed by atoms with E-state index in [0.29, 0.717) is 25.7 Å². The molecule has 0 heterocycles. The van der Waals surface area contributed by atoms with E-state index >= 15 is 0 Å². The van der Waals surface area contributed by atoms with Crippen LogP contribution in [0.5, 0.6) is 0 Å². The highest BCUT2D eigenvalue weighted by Gasteiger charge is 2.23. The zero-order valence-corrected chi connectivity index (χ0v) is 33.0. The van der Waals surface area contributed by atoms with Gasteiger partial charge in [-0.15, -0.1) is 0 Å². The lowest BCUT2D eigenvalue weighted by molar-refractivity contribution is -0.144. The lowest BCUT2D eigenvalue weighted by Crippen LogP contribution is -2.18. The van der Waals surface area contributed by atoms with Gasteiger partial charge in [-0.05, 0) is 83.0 Å². The maximum Gasteiger partial charge on any atom is 0.472 e. The molecular weight excluding hydrogens is 653 g/mol. The smallest absolute Gasteiger partial charge is 0.466 e. The first-order chi connectivity index (χ1) is 24.3. The molecule has 1 unspecified atom stereocenters. The van der Waals surface area contributed by atoms with Crippen molar-refractivity contribution in [3.63, 3.8) is 0 Å². The third kappa shape index (κ3) is 36.3. The molecule has 50 heavy (non-hydrogen) atoms. The number of hydrogen-bond acceptors (Lipinski definition) is 8. The van der Waals surface area contributed by atoms with Gasteiger partial charge in [0.2, 0.25) is 0 Å². The SMILES string of the molecule is CCCCCC/C=C\CCCCCCCC(=O)OCCC(CCOC(=O)CCCCCCC/C=C\CCCCCC)COP(=O)(O)OCCN.